The SMILES string of the molecule is COc1ccc(-n2c(C(=O)N3CCN(C)CC3)c(O)c(O)c2C(=O)N2CCN(C)CC2)cc1. The smallest absolute Gasteiger partial charge is 0.274 e. The Morgan fingerprint density at radius 3 is 1.48 bits per heavy atom. The van der Waals surface area contributed by atoms with Gasteiger partial charge >= 0.3 is 0 Å². The highest BCUT2D eigenvalue weighted by molar-refractivity contribution is 6.04. The Hall–Kier alpha value is -3.24. The maximum Gasteiger partial charge on any atom is 0.274 e. The van der Waals surface area contributed by atoms with Crippen molar-refractivity contribution in [2.75, 3.05) is 73.6 Å². The monoisotopic (exact) mass is 457 g/mol. The minimum atomic E-state index is -0.577. The lowest BCUT2D eigenvalue weighted by atomic mass is 10.2. The van der Waals surface area contributed by atoms with Gasteiger partial charge in [0.1, 0.15) is 5.75 Å². The fraction of sp³-hybridized carbons (Fsp3) is 0.478. The number of aromatic hydroxyl groups is 2. The van der Waals surface area contributed by atoms with Crippen LogP contribution < -0.4 is 4.74 Å². The molecule has 2 aliphatic heterocycles. The van der Waals surface area contributed by atoms with E-state index in [9.17, 15) is 19.8 Å². The highest BCUT2D eigenvalue weighted by Gasteiger charge is 2.36. The molecule has 2 fully saturated rings. The van der Waals surface area contributed by atoms with Crippen molar-refractivity contribution in [3.05, 3.63) is 35.7 Å². The average molecular weight is 458 g/mol. The van der Waals surface area contributed by atoms with Gasteiger partial charge in [-0.3, -0.25) is 14.2 Å². The average Bonchev–Trinajstić information content (AvgIpc) is 3.09. The third-order valence-corrected chi connectivity index (χ3v) is 6.44. The van der Waals surface area contributed by atoms with Crippen LogP contribution in [0, 0.1) is 0 Å². The summed E-state index contributed by atoms with van der Waals surface area (Å²) >= 11 is 0. The van der Waals surface area contributed by atoms with Crippen molar-refractivity contribution in [2.45, 2.75) is 0 Å². The van der Waals surface area contributed by atoms with E-state index in [0.717, 1.165) is 0 Å². The molecule has 2 N–H and O–H groups in total. The molecule has 2 aromatic rings. The summed E-state index contributed by atoms with van der Waals surface area (Å²) < 4.78 is 6.61. The van der Waals surface area contributed by atoms with Crippen molar-refractivity contribution >= 4 is 11.8 Å². The third-order valence-electron chi connectivity index (χ3n) is 6.44. The van der Waals surface area contributed by atoms with Gasteiger partial charge < -0.3 is 34.5 Å². The number of ether oxygens (including phenoxy) is 1. The van der Waals surface area contributed by atoms with Crippen LogP contribution in [0.5, 0.6) is 17.2 Å². The molecule has 2 saturated heterocycles. The predicted molar refractivity (Wildman–Crippen MR) is 122 cm³/mol. The first-order valence-electron chi connectivity index (χ1n) is 11.1. The van der Waals surface area contributed by atoms with Gasteiger partial charge in [-0.15, -0.1) is 0 Å². The second kappa shape index (κ2) is 9.32. The Labute approximate surface area is 193 Å². The Bertz CT molecular complexity index is 961. The zero-order chi connectivity index (χ0) is 23.7. The molecule has 178 valence electrons. The lowest BCUT2D eigenvalue weighted by Gasteiger charge is -2.33. The van der Waals surface area contributed by atoms with Crippen molar-refractivity contribution in [3.8, 4) is 22.9 Å². The molecule has 4 rings (SSSR count). The number of likely N-dealkylation sites (N-methyl/N-ethyl adjacent to an activating group) is 2. The van der Waals surface area contributed by atoms with E-state index in [1.807, 2.05) is 14.1 Å². The molecule has 0 aliphatic carbocycles. The zero-order valence-corrected chi connectivity index (χ0v) is 19.3. The van der Waals surface area contributed by atoms with E-state index < -0.39 is 23.3 Å². The second-order valence-corrected chi connectivity index (χ2v) is 8.62. The summed E-state index contributed by atoms with van der Waals surface area (Å²) in [5.41, 5.74) is 0.251. The first-order chi connectivity index (χ1) is 15.8. The molecule has 10 nitrogen and oxygen atoms in total. The van der Waals surface area contributed by atoms with Crippen molar-refractivity contribution < 1.29 is 24.5 Å². The number of carbonyl (C=O) groups is 2. The molecule has 0 radical (unpaired) electrons. The molecule has 1 aromatic heterocycles. The molecule has 0 bridgehead atoms. The number of nitrogens with zero attached hydrogens (tertiary/aromatic N) is 5. The van der Waals surface area contributed by atoms with E-state index in [0.29, 0.717) is 63.8 Å². The number of hydrogen-bond acceptors (Lipinski definition) is 7. The number of carbonyl (C=O) groups excluding carboxylic acids is 2. The van der Waals surface area contributed by atoms with E-state index >= 15 is 0 Å². The lowest BCUT2D eigenvalue weighted by Crippen LogP contribution is -2.48. The summed E-state index contributed by atoms with van der Waals surface area (Å²) in [6, 6.07) is 6.80. The van der Waals surface area contributed by atoms with Gasteiger partial charge in [0.15, 0.2) is 22.9 Å². The number of methoxy groups -OCH3 is 1. The molecule has 2 aliphatic rings. The minimum Gasteiger partial charge on any atom is -0.503 e. The number of rotatable bonds is 4. The molecular weight excluding hydrogens is 426 g/mol. The maximum absolute atomic E-state index is 13.5. The van der Waals surface area contributed by atoms with Gasteiger partial charge in [0.2, 0.25) is 0 Å². The summed E-state index contributed by atoms with van der Waals surface area (Å²) in [5, 5.41) is 21.7. The molecular formula is C23H31N5O5. The predicted octanol–water partition coefficient (Wildman–Crippen LogP) is 0.672. The minimum absolute atomic E-state index is 0.111. The number of aromatic nitrogens is 1. The van der Waals surface area contributed by atoms with Gasteiger partial charge in [0.25, 0.3) is 11.8 Å². The largest absolute Gasteiger partial charge is 0.503 e. The molecule has 3 heterocycles. The van der Waals surface area contributed by atoms with Gasteiger partial charge in [0, 0.05) is 58.0 Å². The topological polar surface area (TPSA) is 102 Å². The number of benzene rings is 1. The molecule has 0 unspecified atom stereocenters. The first kappa shape index (κ1) is 22.9. The fourth-order valence-corrected chi connectivity index (χ4v) is 4.25. The molecule has 0 saturated carbocycles. The first-order valence-corrected chi connectivity index (χ1v) is 11.1. The molecule has 10 heteroatoms. The Morgan fingerprint density at radius 1 is 0.727 bits per heavy atom. The van der Waals surface area contributed by atoms with Crippen molar-refractivity contribution in [1.82, 2.24) is 24.2 Å². The number of hydrogen-bond donors (Lipinski definition) is 2. The van der Waals surface area contributed by atoms with Crippen LogP contribution in [0.4, 0.5) is 0 Å². The second-order valence-electron chi connectivity index (χ2n) is 8.62. The molecule has 1 aromatic carbocycles. The van der Waals surface area contributed by atoms with E-state index in [4.69, 9.17) is 4.74 Å². The Morgan fingerprint density at radius 2 is 1.12 bits per heavy atom. The zero-order valence-electron chi connectivity index (χ0n) is 19.3. The van der Waals surface area contributed by atoms with Crippen LogP contribution in [0.3, 0.4) is 0 Å². The van der Waals surface area contributed by atoms with Crippen molar-refractivity contribution in [2.24, 2.45) is 0 Å². The fourth-order valence-electron chi connectivity index (χ4n) is 4.25. The summed E-state index contributed by atoms with van der Waals surface area (Å²) in [6.45, 7) is 4.78. The van der Waals surface area contributed by atoms with Crippen LogP contribution in [-0.2, 0) is 0 Å². The Kier molecular flexibility index (Phi) is 6.48. The van der Waals surface area contributed by atoms with Gasteiger partial charge in [-0.05, 0) is 38.4 Å². The lowest BCUT2D eigenvalue weighted by molar-refractivity contribution is 0.0647. The van der Waals surface area contributed by atoms with E-state index in [1.165, 1.54) is 4.57 Å². The molecule has 33 heavy (non-hydrogen) atoms. The normalized spacial score (nSPS) is 17.9. The summed E-state index contributed by atoms with van der Waals surface area (Å²) in [6.07, 6.45) is 0. The van der Waals surface area contributed by atoms with Gasteiger partial charge in [-0.25, -0.2) is 0 Å². The molecule has 2 amide bonds. The summed E-state index contributed by atoms with van der Waals surface area (Å²) in [7, 11) is 5.52. The summed E-state index contributed by atoms with van der Waals surface area (Å²) in [4.78, 5) is 34.5. The van der Waals surface area contributed by atoms with E-state index in [-0.39, 0.29) is 11.4 Å². The van der Waals surface area contributed by atoms with Crippen LogP contribution >= 0.6 is 0 Å². The standard InChI is InChI=1S/C23H31N5O5/c1-24-8-12-26(13-9-24)22(31)18-20(29)21(30)19(23(32)27-14-10-25(2)11-15-27)28(18)16-4-6-17(33-3)7-5-16/h4-7,29-30H,8-15H2,1-3H3. The number of piperazine rings is 2. The van der Waals surface area contributed by atoms with Crippen molar-refractivity contribution in [1.29, 1.82) is 0 Å². The molecule has 0 spiro atoms. The number of amides is 2. The quantitative estimate of drug-likeness (QED) is 0.696. The summed E-state index contributed by atoms with van der Waals surface area (Å²) in [5.74, 6) is -1.40. The van der Waals surface area contributed by atoms with Crippen LogP contribution in [0.1, 0.15) is 21.0 Å². The van der Waals surface area contributed by atoms with Crippen molar-refractivity contribution in [3.63, 3.8) is 0 Å². The van der Waals surface area contributed by atoms with Crippen LogP contribution in [0.25, 0.3) is 5.69 Å². The van der Waals surface area contributed by atoms with Crippen LogP contribution in [-0.4, -0.2) is 120 Å². The molecule has 0 atom stereocenters. The van der Waals surface area contributed by atoms with Gasteiger partial charge in [-0.1, -0.05) is 0 Å². The highest BCUT2D eigenvalue weighted by atomic mass is 16.5. The van der Waals surface area contributed by atoms with Crippen LogP contribution in [0.2, 0.25) is 0 Å². The maximum atomic E-state index is 13.5. The van der Waals surface area contributed by atoms with Gasteiger partial charge in [0.05, 0.1) is 7.11 Å². The van der Waals surface area contributed by atoms with E-state index in [1.54, 1.807) is 41.2 Å². The van der Waals surface area contributed by atoms with E-state index in [2.05, 4.69) is 9.80 Å². The Balaban J connectivity index is 1.81. The van der Waals surface area contributed by atoms with Crippen LogP contribution in [0.15, 0.2) is 24.3 Å². The third kappa shape index (κ3) is 4.36. The van der Waals surface area contributed by atoms with Gasteiger partial charge in [-0.2, -0.15) is 0 Å². The highest BCUT2D eigenvalue weighted by Crippen LogP contribution is 2.40.